The summed E-state index contributed by atoms with van der Waals surface area (Å²) < 4.78 is 19.1. The Morgan fingerprint density at radius 3 is 2.93 bits per heavy atom. The number of nitrogens with one attached hydrogen (secondary N) is 1. The van der Waals surface area contributed by atoms with Gasteiger partial charge in [0.2, 0.25) is 0 Å². The predicted octanol–water partition coefficient (Wildman–Crippen LogP) is 4.65. The summed E-state index contributed by atoms with van der Waals surface area (Å²) in [6.07, 6.45) is 6.08. The summed E-state index contributed by atoms with van der Waals surface area (Å²) in [6, 6.07) is 6.39. The van der Waals surface area contributed by atoms with Gasteiger partial charge in [0, 0.05) is 35.7 Å². The normalized spacial score (nSPS) is 13.8. The summed E-state index contributed by atoms with van der Waals surface area (Å²) >= 11 is 3.38. The third-order valence-corrected chi connectivity index (χ3v) is 5.45. The van der Waals surface area contributed by atoms with E-state index in [9.17, 15) is 9.18 Å². The number of carbonyl (C=O) groups is 1. The molecule has 1 aliphatic heterocycles. The number of rotatable bonds is 4. The molecule has 146 valence electrons. The first-order chi connectivity index (χ1) is 13.6. The Morgan fingerprint density at radius 2 is 2.11 bits per heavy atom. The molecule has 0 saturated carbocycles. The standard InChI is InChI=1S/C20H21BrFN5O/c1-2-26-12-14(21)11-17(26)20(28)23-16-10-13(7-8-15(16)22)19-25-24-18-6-4-3-5-9-27(18)19/h7-8,10-12H,2-6,9H2,1H3,(H,23,28). The molecule has 2 aromatic heterocycles. The van der Waals surface area contributed by atoms with Crippen molar-refractivity contribution in [3.8, 4) is 11.4 Å². The molecule has 0 spiro atoms. The van der Waals surface area contributed by atoms with Crippen molar-refractivity contribution in [2.45, 2.75) is 45.7 Å². The van der Waals surface area contributed by atoms with Gasteiger partial charge in [-0.2, -0.15) is 0 Å². The van der Waals surface area contributed by atoms with Gasteiger partial charge in [0.15, 0.2) is 5.82 Å². The van der Waals surface area contributed by atoms with Crippen LogP contribution in [0.2, 0.25) is 0 Å². The summed E-state index contributed by atoms with van der Waals surface area (Å²) in [6.45, 7) is 3.44. The minimum Gasteiger partial charge on any atom is -0.343 e. The molecule has 28 heavy (non-hydrogen) atoms. The lowest BCUT2D eigenvalue weighted by atomic mass is 10.1. The molecule has 8 heteroatoms. The second kappa shape index (κ2) is 7.87. The van der Waals surface area contributed by atoms with Crippen molar-refractivity contribution in [2.75, 3.05) is 5.32 Å². The quantitative estimate of drug-likeness (QED) is 0.635. The second-order valence-corrected chi connectivity index (χ2v) is 7.80. The van der Waals surface area contributed by atoms with Gasteiger partial charge in [-0.1, -0.05) is 6.42 Å². The van der Waals surface area contributed by atoms with Crippen molar-refractivity contribution in [2.24, 2.45) is 0 Å². The Morgan fingerprint density at radius 1 is 1.25 bits per heavy atom. The number of benzene rings is 1. The van der Waals surface area contributed by atoms with Crippen LogP contribution in [-0.4, -0.2) is 25.2 Å². The maximum absolute atomic E-state index is 14.4. The molecule has 1 amide bonds. The van der Waals surface area contributed by atoms with Crippen molar-refractivity contribution in [3.63, 3.8) is 0 Å². The van der Waals surface area contributed by atoms with Crippen molar-refractivity contribution in [1.82, 2.24) is 19.3 Å². The number of amides is 1. The maximum atomic E-state index is 14.4. The molecule has 3 aromatic rings. The van der Waals surface area contributed by atoms with Gasteiger partial charge < -0.3 is 14.5 Å². The van der Waals surface area contributed by atoms with Crippen molar-refractivity contribution < 1.29 is 9.18 Å². The summed E-state index contributed by atoms with van der Waals surface area (Å²) in [5.41, 5.74) is 1.34. The van der Waals surface area contributed by atoms with Gasteiger partial charge >= 0.3 is 0 Å². The zero-order valence-corrected chi connectivity index (χ0v) is 17.2. The predicted molar refractivity (Wildman–Crippen MR) is 109 cm³/mol. The Kier molecular flexibility index (Phi) is 5.30. The molecule has 3 heterocycles. The summed E-state index contributed by atoms with van der Waals surface area (Å²) in [5.74, 6) is 0.838. The zero-order valence-electron chi connectivity index (χ0n) is 15.6. The highest BCUT2D eigenvalue weighted by atomic mass is 79.9. The molecule has 0 atom stereocenters. The lowest BCUT2D eigenvalue weighted by Gasteiger charge is -2.11. The SMILES string of the molecule is CCn1cc(Br)cc1C(=O)Nc1cc(-c2nnc3n2CCCCC3)ccc1F. The lowest BCUT2D eigenvalue weighted by molar-refractivity contribution is 0.101. The molecule has 0 fully saturated rings. The van der Waals surface area contributed by atoms with Crippen LogP contribution < -0.4 is 5.32 Å². The van der Waals surface area contributed by atoms with Crippen LogP contribution in [0.5, 0.6) is 0 Å². The first-order valence-corrected chi connectivity index (χ1v) is 10.2. The van der Waals surface area contributed by atoms with Gasteiger partial charge in [0.05, 0.1) is 5.69 Å². The van der Waals surface area contributed by atoms with Gasteiger partial charge in [-0.25, -0.2) is 4.39 Å². The van der Waals surface area contributed by atoms with E-state index in [0.29, 0.717) is 18.1 Å². The lowest BCUT2D eigenvalue weighted by Crippen LogP contribution is -2.17. The minimum atomic E-state index is -0.485. The second-order valence-electron chi connectivity index (χ2n) is 6.88. The van der Waals surface area contributed by atoms with Gasteiger partial charge in [-0.3, -0.25) is 4.79 Å². The fourth-order valence-corrected chi connectivity index (χ4v) is 4.04. The maximum Gasteiger partial charge on any atom is 0.272 e. The highest BCUT2D eigenvalue weighted by molar-refractivity contribution is 9.10. The third kappa shape index (κ3) is 3.61. The molecule has 1 aromatic carbocycles. The number of hydrogen-bond donors (Lipinski definition) is 1. The molecule has 0 radical (unpaired) electrons. The number of anilines is 1. The molecule has 1 N–H and O–H groups in total. The summed E-state index contributed by atoms with van der Waals surface area (Å²) in [7, 11) is 0. The van der Waals surface area contributed by atoms with E-state index < -0.39 is 5.82 Å². The smallest absolute Gasteiger partial charge is 0.272 e. The molecule has 0 aliphatic carbocycles. The number of hydrogen-bond acceptors (Lipinski definition) is 3. The van der Waals surface area contributed by atoms with E-state index in [1.54, 1.807) is 22.8 Å². The van der Waals surface area contributed by atoms with Crippen LogP contribution in [0, 0.1) is 5.82 Å². The average molecular weight is 446 g/mol. The fraction of sp³-hybridized carbons (Fsp3) is 0.350. The molecule has 0 bridgehead atoms. The van der Waals surface area contributed by atoms with Crippen LogP contribution in [0.4, 0.5) is 10.1 Å². The topological polar surface area (TPSA) is 64.7 Å². The van der Waals surface area contributed by atoms with E-state index in [-0.39, 0.29) is 11.6 Å². The fourth-order valence-electron chi connectivity index (χ4n) is 3.57. The molecule has 6 nitrogen and oxygen atoms in total. The van der Waals surface area contributed by atoms with Crippen molar-refractivity contribution >= 4 is 27.5 Å². The van der Waals surface area contributed by atoms with E-state index in [0.717, 1.165) is 41.7 Å². The van der Waals surface area contributed by atoms with Crippen molar-refractivity contribution in [3.05, 3.63) is 52.3 Å². The summed E-state index contributed by atoms with van der Waals surface area (Å²) in [4.78, 5) is 12.7. The Bertz CT molecular complexity index is 1030. The molecule has 4 rings (SSSR count). The van der Waals surface area contributed by atoms with E-state index >= 15 is 0 Å². The van der Waals surface area contributed by atoms with E-state index in [1.165, 1.54) is 12.5 Å². The molecular weight excluding hydrogens is 425 g/mol. The average Bonchev–Trinajstić information content (AvgIpc) is 3.19. The van der Waals surface area contributed by atoms with E-state index in [4.69, 9.17) is 0 Å². The number of carbonyl (C=O) groups excluding carboxylic acids is 1. The number of halogens is 2. The highest BCUT2D eigenvalue weighted by Crippen LogP contribution is 2.27. The van der Waals surface area contributed by atoms with Gasteiger partial charge in [0.1, 0.15) is 17.3 Å². The van der Waals surface area contributed by atoms with Crippen LogP contribution in [0.15, 0.2) is 34.9 Å². The van der Waals surface area contributed by atoms with Crippen LogP contribution in [-0.2, 0) is 19.5 Å². The summed E-state index contributed by atoms with van der Waals surface area (Å²) in [5, 5.41) is 11.3. The van der Waals surface area contributed by atoms with Crippen LogP contribution >= 0.6 is 15.9 Å². The third-order valence-electron chi connectivity index (χ3n) is 5.02. The van der Waals surface area contributed by atoms with Gasteiger partial charge in [-0.15, -0.1) is 10.2 Å². The largest absolute Gasteiger partial charge is 0.343 e. The van der Waals surface area contributed by atoms with Crippen molar-refractivity contribution in [1.29, 1.82) is 0 Å². The molecule has 1 aliphatic rings. The first-order valence-electron chi connectivity index (χ1n) is 9.46. The van der Waals surface area contributed by atoms with E-state index in [1.807, 2.05) is 13.1 Å². The number of aryl methyl sites for hydroxylation is 2. The Hall–Kier alpha value is -2.48. The number of fused-ring (bicyclic) bond motifs is 1. The monoisotopic (exact) mass is 445 g/mol. The molecular formula is C20H21BrFN5O. The number of nitrogens with zero attached hydrogens (tertiary/aromatic N) is 4. The first kappa shape index (κ1) is 18.9. The Balaban J connectivity index is 1.65. The molecule has 0 saturated heterocycles. The minimum absolute atomic E-state index is 0.133. The highest BCUT2D eigenvalue weighted by Gasteiger charge is 2.19. The number of aromatic nitrogens is 4. The van der Waals surface area contributed by atoms with Crippen LogP contribution in [0.1, 0.15) is 42.5 Å². The van der Waals surface area contributed by atoms with Crippen LogP contribution in [0.25, 0.3) is 11.4 Å². The van der Waals surface area contributed by atoms with Crippen LogP contribution in [0.3, 0.4) is 0 Å². The Labute approximate surface area is 170 Å². The van der Waals surface area contributed by atoms with E-state index in [2.05, 4.69) is 36.0 Å². The van der Waals surface area contributed by atoms with Gasteiger partial charge in [0.25, 0.3) is 5.91 Å². The molecule has 0 unspecified atom stereocenters. The zero-order chi connectivity index (χ0) is 19.7. The van der Waals surface area contributed by atoms with Gasteiger partial charge in [-0.05, 0) is 60.0 Å².